The summed E-state index contributed by atoms with van der Waals surface area (Å²) in [6.07, 6.45) is 0.588. The Hall–Kier alpha value is -2.46. The second kappa shape index (κ2) is 8.58. The number of anilines is 1. The van der Waals surface area contributed by atoms with Crippen molar-refractivity contribution in [1.29, 1.82) is 0 Å². The SMILES string of the molecule is NS(=O)(=O)c1ccc2c(c1)CCN2C(=O)CN1CCN(C(=O)c2ccccc2Cl)CC1. The number of piperazine rings is 1. The molecule has 2 amide bonds. The molecule has 0 atom stereocenters. The van der Waals surface area contributed by atoms with Gasteiger partial charge in [0.1, 0.15) is 0 Å². The second-order valence-corrected chi connectivity index (χ2v) is 9.65. The summed E-state index contributed by atoms with van der Waals surface area (Å²) in [6.45, 7) is 2.97. The van der Waals surface area contributed by atoms with Gasteiger partial charge in [0.15, 0.2) is 0 Å². The Kier molecular flexibility index (Phi) is 6.02. The number of carbonyl (C=O) groups is 2. The molecule has 1 fully saturated rings. The van der Waals surface area contributed by atoms with Crippen molar-refractivity contribution in [1.82, 2.24) is 9.80 Å². The quantitative estimate of drug-likeness (QED) is 0.738. The Balaban J connectivity index is 1.35. The summed E-state index contributed by atoms with van der Waals surface area (Å²) >= 11 is 6.14. The highest BCUT2D eigenvalue weighted by molar-refractivity contribution is 7.89. The third kappa shape index (κ3) is 4.59. The normalized spacial score (nSPS) is 17.0. The van der Waals surface area contributed by atoms with Crippen LogP contribution in [0.4, 0.5) is 5.69 Å². The van der Waals surface area contributed by atoms with E-state index in [9.17, 15) is 18.0 Å². The first-order valence-electron chi connectivity index (χ1n) is 9.96. The number of benzene rings is 2. The van der Waals surface area contributed by atoms with E-state index in [2.05, 4.69) is 0 Å². The molecule has 2 aromatic rings. The Morgan fingerprint density at radius 2 is 1.71 bits per heavy atom. The number of rotatable bonds is 4. The lowest BCUT2D eigenvalue weighted by molar-refractivity contribution is -0.120. The zero-order valence-corrected chi connectivity index (χ0v) is 18.4. The fourth-order valence-electron chi connectivity index (χ4n) is 4.00. The minimum Gasteiger partial charge on any atom is -0.336 e. The van der Waals surface area contributed by atoms with Gasteiger partial charge in [-0.2, -0.15) is 0 Å². The van der Waals surface area contributed by atoms with E-state index < -0.39 is 10.0 Å². The summed E-state index contributed by atoms with van der Waals surface area (Å²) in [5.74, 6) is -0.149. The molecule has 0 bridgehead atoms. The first-order chi connectivity index (χ1) is 14.7. The molecule has 0 unspecified atom stereocenters. The molecule has 2 heterocycles. The van der Waals surface area contributed by atoms with Crippen LogP contribution in [0.1, 0.15) is 15.9 Å². The van der Waals surface area contributed by atoms with Crippen molar-refractivity contribution < 1.29 is 18.0 Å². The smallest absolute Gasteiger partial charge is 0.255 e. The number of amides is 2. The fourth-order valence-corrected chi connectivity index (χ4v) is 4.79. The lowest BCUT2D eigenvalue weighted by Gasteiger charge is -2.35. The second-order valence-electron chi connectivity index (χ2n) is 7.68. The first kappa shape index (κ1) is 21.8. The number of sulfonamides is 1. The molecule has 8 nitrogen and oxygen atoms in total. The highest BCUT2D eigenvalue weighted by Gasteiger charge is 2.29. The fraction of sp³-hybridized carbons (Fsp3) is 0.333. The molecule has 31 heavy (non-hydrogen) atoms. The Morgan fingerprint density at radius 1 is 1.00 bits per heavy atom. The Bertz CT molecular complexity index is 1130. The molecule has 2 aromatic carbocycles. The summed E-state index contributed by atoms with van der Waals surface area (Å²) < 4.78 is 23.1. The highest BCUT2D eigenvalue weighted by atomic mass is 35.5. The lowest BCUT2D eigenvalue weighted by Crippen LogP contribution is -2.51. The molecule has 2 N–H and O–H groups in total. The van der Waals surface area contributed by atoms with E-state index in [1.165, 1.54) is 12.1 Å². The van der Waals surface area contributed by atoms with Crippen LogP contribution in [0.3, 0.4) is 0 Å². The van der Waals surface area contributed by atoms with Gasteiger partial charge >= 0.3 is 0 Å². The van der Waals surface area contributed by atoms with Crippen molar-refractivity contribution in [2.24, 2.45) is 5.14 Å². The van der Waals surface area contributed by atoms with Gasteiger partial charge in [0, 0.05) is 38.4 Å². The molecule has 2 aliphatic rings. The molecule has 0 aromatic heterocycles. The van der Waals surface area contributed by atoms with Crippen LogP contribution in [0.25, 0.3) is 0 Å². The van der Waals surface area contributed by atoms with Crippen LogP contribution in [0.5, 0.6) is 0 Å². The maximum atomic E-state index is 12.9. The topological polar surface area (TPSA) is 104 Å². The molecule has 10 heteroatoms. The monoisotopic (exact) mass is 462 g/mol. The van der Waals surface area contributed by atoms with Crippen LogP contribution >= 0.6 is 11.6 Å². The van der Waals surface area contributed by atoms with Gasteiger partial charge < -0.3 is 9.80 Å². The van der Waals surface area contributed by atoms with Crippen molar-refractivity contribution in [3.05, 3.63) is 58.6 Å². The predicted octanol–water partition coefficient (Wildman–Crippen LogP) is 1.33. The zero-order chi connectivity index (χ0) is 22.2. The Morgan fingerprint density at radius 3 is 2.39 bits per heavy atom. The average molecular weight is 463 g/mol. The third-order valence-electron chi connectivity index (χ3n) is 5.70. The van der Waals surface area contributed by atoms with E-state index in [0.717, 1.165) is 11.3 Å². The van der Waals surface area contributed by atoms with E-state index in [4.69, 9.17) is 16.7 Å². The van der Waals surface area contributed by atoms with Crippen molar-refractivity contribution >= 4 is 39.1 Å². The number of halogens is 1. The molecular formula is C21H23ClN4O4S. The summed E-state index contributed by atoms with van der Waals surface area (Å²) in [4.78, 5) is 31.1. The number of hydrogen-bond donors (Lipinski definition) is 1. The van der Waals surface area contributed by atoms with E-state index in [1.807, 2.05) is 4.90 Å². The van der Waals surface area contributed by atoms with Gasteiger partial charge in [-0.3, -0.25) is 14.5 Å². The van der Waals surface area contributed by atoms with Crippen LogP contribution in [-0.4, -0.2) is 69.3 Å². The number of nitrogens with zero attached hydrogens (tertiary/aromatic N) is 3. The van der Waals surface area contributed by atoms with Gasteiger partial charge in [-0.05, 0) is 42.3 Å². The van der Waals surface area contributed by atoms with E-state index >= 15 is 0 Å². The van der Waals surface area contributed by atoms with Gasteiger partial charge in [0.05, 0.1) is 22.0 Å². The standard InChI is InChI=1S/C21H23ClN4O4S/c22-18-4-2-1-3-17(18)21(28)25-11-9-24(10-12-25)14-20(27)26-8-7-15-13-16(31(23,29)30)5-6-19(15)26/h1-6,13H,7-12,14H2,(H2,23,29,30). The van der Waals surface area contributed by atoms with Crippen molar-refractivity contribution in [2.45, 2.75) is 11.3 Å². The summed E-state index contributed by atoms with van der Waals surface area (Å²) in [5, 5.41) is 5.63. The summed E-state index contributed by atoms with van der Waals surface area (Å²) in [5.41, 5.74) is 2.01. The molecular weight excluding hydrogens is 440 g/mol. The van der Waals surface area contributed by atoms with Crippen LogP contribution in [0.15, 0.2) is 47.4 Å². The minimum atomic E-state index is -3.77. The number of hydrogen-bond acceptors (Lipinski definition) is 5. The van der Waals surface area contributed by atoms with Gasteiger partial charge in [-0.1, -0.05) is 23.7 Å². The number of nitrogens with two attached hydrogens (primary N) is 1. The van der Waals surface area contributed by atoms with Crippen LogP contribution in [-0.2, 0) is 21.2 Å². The molecule has 0 aliphatic carbocycles. The number of primary sulfonamides is 1. The molecule has 0 radical (unpaired) electrons. The largest absolute Gasteiger partial charge is 0.336 e. The molecule has 1 saturated heterocycles. The molecule has 0 saturated carbocycles. The minimum absolute atomic E-state index is 0.0482. The Labute approximate surface area is 186 Å². The maximum absolute atomic E-state index is 12.9. The van der Waals surface area contributed by atoms with Crippen molar-refractivity contribution in [3.8, 4) is 0 Å². The van der Waals surface area contributed by atoms with E-state index in [-0.39, 0.29) is 23.3 Å². The summed E-state index contributed by atoms with van der Waals surface area (Å²) in [7, 11) is -3.77. The van der Waals surface area contributed by atoms with Crippen molar-refractivity contribution in [2.75, 3.05) is 44.2 Å². The molecule has 4 rings (SSSR count). The highest BCUT2D eigenvalue weighted by Crippen LogP contribution is 2.30. The van der Waals surface area contributed by atoms with Gasteiger partial charge in [0.25, 0.3) is 5.91 Å². The van der Waals surface area contributed by atoms with Gasteiger partial charge in [0.2, 0.25) is 15.9 Å². The van der Waals surface area contributed by atoms with Crippen LogP contribution < -0.4 is 10.0 Å². The van der Waals surface area contributed by atoms with Crippen LogP contribution in [0, 0.1) is 0 Å². The van der Waals surface area contributed by atoms with E-state index in [1.54, 1.807) is 40.1 Å². The van der Waals surface area contributed by atoms with Crippen molar-refractivity contribution in [3.63, 3.8) is 0 Å². The molecule has 2 aliphatic heterocycles. The maximum Gasteiger partial charge on any atom is 0.255 e. The third-order valence-corrected chi connectivity index (χ3v) is 6.94. The first-order valence-corrected chi connectivity index (χ1v) is 11.9. The predicted molar refractivity (Wildman–Crippen MR) is 118 cm³/mol. The van der Waals surface area contributed by atoms with Gasteiger partial charge in [-0.15, -0.1) is 0 Å². The summed E-state index contributed by atoms with van der Waals surface area (Å²) in [6, 6.07) is 11.6. The molecule has 0 spiro atoms. The van der Waals surface area contributed by atoms with Gasteiger partial charge in [-0.25, -0.2) is 13.6 Å². The zero-order valence-electron chi connectivity index (χ0n) is 16.8. The number of carbonyl (C=O) groups excluding carboxylic acids is 2. The number of fused-ring (bicyclic) bond motifs is 1. The average Bonchev–Trinajstić information content (AvgIpc) is 3.17. The van der Waals surface area contributed by atoms with Crippen LogP contribution in [0.2, 0.25) is 5.02 Å². The molecule has 164 valence electrons. The lowest BCUT2D eigenvalue weighted by atomic mass is 10.1. The van der Waals surface area contributed by atoms with E-state index in [0.29, 0.717) is 49.7 Å².